The van der Waals surface area contributed by atoms with Crippen LogP contribution in [0.25, 0.3) is 11.2 Å². The van der Waals surface area contributed by atoms with Gasteiger partial charge in [0.1, 0.15) is 18.4 Å². The van der Waals surface area contributed by atoms with Crippen LogP contribution >= 0.6 is 0 Å². The summed E-state index contributed by atoms with van der Waals surface area (Å²) in [6, 6.07) is 0. The third-order valence-electron chi connectivity index (χ3n) is 2.38. The molecule has 19 heavy (non-hydrogen) atoms. The second kappa shape index (κ2) is 5.29. The van der Waals surface area contributed by atoms with Crippen LogP contribution in [0.3, 0.4) is 0 Å². The van der Waals surface area contributed by atoms with E-state index in [-0.39, 0.29) is 6.54 Å². The highest BCUT2D eigenvalue weighted by Crippen LogP contribution is 2.17. The molecule has 0 spiro atoms. The number of imidazole rings is 1. The van der Waals surface area contributed by atoms with Gasteiger partial charge < -0.3 is 20.3 Å². The number of aromatic nitrogens is 4. The monoisotopic (exact) mass is 264 g/mol. The van der Waals surface area contributed by atoms with Gasteiger partial charge >= 0.3 is 5.97 Å². The van der Waals surface area contributed by atoms with Gasteiger partial charge in [-0.25, -0.2) is 15.0 Å². The lowest BCUT2D eigenvalue weighted by Crippen LogP contribution is -2.38. The van der Waals surface area contributed by atoms with Crippen molar-refractivity contribution in [2.24, 2.45) is 0 Å². The van der Waals surface area contributed by atoms with Crippen LogP contribution in [0.4, 0.5) is 5.82 Å². The first kappa shape index (κ1) is 12.7. The van der Waals surface area contributed by atoms with E-state index in [0.29, 0.717) is 17.0 Å². The van der Waals surface area contributed by atoms with Crippen molar-refractivity contribution in [3.05, 3.63) is 12.7 Å². The van der Waals surface area contributed by atoms with E-state index in [1.165, 1.54) is 12.7 Å². The number of rotatable bonds is 5. The van der Waals surface area contributed by atoms with Gasteiger partial charge in [0.15, 0.2) is 11.5 Å². The molecule has 9 nitrogen and oxygen atoms in total. The molecule has 0 unspecified atom stereocenters. The van der Waals surface area contributed by atoms with Crippen LogP contribution in [0, 0.1) is 0 Å². The molecule has 0 saturated heterocycles. The largest absolute Gasteiger partial charge is 0.480 e. The Kier molecular flexibility index (Phi) is 3.55. The van der Waals surface area contributed by atoms with Crippen LogP contribution in [0.1, 0.15) is 0 Å². The fraction of sp³-hybridized carbons (Fsp3) is 0.300. The number of nitrogens with zero attached hydrogens (tertiary/aromatic N) is 4. The Labute approximate surface area is 107 Å². The van der Waals surface area contributed by atoms with E-state index in [4.69, 9.17) is 5.11 Å². The molecule has 0 bridgehead atoms. The summed E-state index contributed by atoms with van der Waals surface area (Å²) in [6.45, 7) is -0.422. The van der Waals surface area contributed by atoms with Crippen LogP contribution < -0.4 is 10.2 Å². The van der Waals surface area contributed by atoms with Crippen LogP contribution in [-0.4, -0.2) is 57.1 Å². The number of carboxylic acid groups (broad SMARTS) is 1. The summed E-state index contributed by atoms with van der Waals surface area (Å²) in [5, 5.41) is 10.7. The molecule has 9 heteroatoms. The van der Waals surface area contributed by atoms with Gasteiger partial charge in [-0.3, -0.25) is 9.59 Å². The highest BCUT2D eigenvalue weighted by Gasteiger charge is 2.13. The first-order valence-corrected chi connectivity index (χ1v) is 5.41. The third kappa shape index (κ3) is 2.94. The number of fused-ring (bicyclic) bond motifs is 1. The highest BCUT2D eigenvalue weighted by molar-refractivity contribution is 5.88. The number of amides is 1. The quantitative estimate of drug-likeness (QED) is 0.632. The van der Waals surface area contributed by atoms with E-state index in [2.05, 4.69) is 25.3 Å². The second-order valence-corrected chi connectivity index (χ2v) is 3.82. The van der Waals surface area contributed by atoms with Gasteiger partial charge in [-0.15, -0.1) is 0 Å². The Hall–Kier alpha value is -2.71. The Morgan fingerprint density at radius 2 is 2.21 bits per heavy atom. The summed E-state index contributed by atoms with van der Waals surface area (Å²) in [6.07, 6.45) is 2.84. The van der Waals surface area contributed by atoms with Gasteiger partial charge in [0.25, 0.3) is 0 Å². The number of likely N-dealkylation sites (N-methyl/N-ethyl adjacent to an activating group) is 1. The maximum Gasteiger partial charge on any atom is 0.322 e. The summed E-state index contributed by atoms with van der Waals surface area (Å²) in [4.78, 5) is 38.4. The Balaban J connectivity index is 2.07. The second-order valence-electron chi connectivity index (χ2n) is 3.82. The van der Waals surface area contributed by atoms with Crippen LogP contribution in [0.15, 0.2) is 12.7 Å². The number of carboxylic acids is 1. The smallest absolute Gasteiger partial charge is 0.322 e. The van der Waals surface area contributed by atoms with Crippen molar-refractivity contribution in [1.82, 2.24) is 25.3 Å². The van der Waals surface area contributed by atoms with Crippen LogP contribution in [-0.2, 0) is 9.59 Å². The molecule has 3 N–H and O–H groups in total. The summed E-state index contributed by atoms with van der Waals surface area (Å²) < 4.78 is 0. The fourth-order valence-corrected chi connectivity index (χ4v) is 1.56. The average Bonchev–Trinajstić information content (AvgIpc) is 2.84. The maximum absolute atomic E-state index is 11.5. The maximum atomic E-state index is 11.5. The first-order chi connectivity index (χ1) is 9.08. The molecule has 2 heterocycles. The Bertz CT molecular complexity index is 610. The molecular weight excluding hydrogens is 252 g/mol. The molecule has 0 saturated carbocycles. The minimum atomic E-state index is -1.09. The number of hydrogen-bond acceptors (Lipinski definition) is 6. The predicted octanol–water partition coefficient (Wildman–Crippen LogP) is -1.01. The third-order valence-corrected chi connectivity index (χ3v) is 2.38. The number of nitrogens with one attached hydrogen (secondary N) is 2. The molecule has 0 aliphatic rings. The van der Waals surface area contributed by atoms with Gasteiger partial charge in [-0.05, 0) is 0 Å². The van der Waals surface area contributed by atoms with E-state index < -0.39 is 18.4 Å². The summed E-state index contributed by atoms with van der Waals surface area (Å²) in [5.74, 6) is -0.974. The number of aromatic amines is 1. The minimum absolute atomic E-state index is 0.0155. The van der Waals surface area contributed by atoms with Gasteiger partial charge in [0.2, 0.25) is 5.91 Å². The Morgan fingerprint density at radius 1 is 1.42 bits per heavy atom. The molecule has 2 aromatic rings. The van der Waals surface area contributed by atoms with Gasteiger partial charge in [-0.2, -0.15) is 0 Å². The zero-order valence-corrected chi connectivity index (χ0v) is 10.1. The number of aliphatic carboxylic acids is 1. The standard InChI is InChI=1S/C10H12N6O3/c1-16(3-6(17)11-2-7(18)19)10-8-9(13-4-12-8)14-5-15-10/h4-5H,2-3H2,1H3,(H,11,17)(H,18,19)(H,12,13,14,15). The first-order valence-electron chi connectivity index (χ1n) is 5.41. The predicted molar refractivity (Wildman–Crippen MR) is 65.6 cm³/mol. The lowest BCUT2D eigenvalue weighted by atomic mass is 10.4. The minimum Gasteiger partial charge on any atom is -0.480 e. The highest BCUT2D eigenvalue weighted by atomic mass is 16.4. The molecule has 0 aliphatic carbocycles. The molecule has 0 fully saturated rings. The molecule has 0 aliphatic heterocycles. The average molecular weight is 264 g/mol. The van der Waals surface area contributed by atoms with Crippen molar-refractivity contribution in [3.8, 4) is 0 Å². The van der Waals surface area contributed by atoms with Gasteiger partial charge in [0, 0.05) is 7.05 Å². The van der Waals surface area contributed by atoms with Crippen LogP contribution in [0.2, 0.25) is 0 Å². The van der Waals surface area contributed by atoms with E-state index in [1.54, 1.807) is 11.9 Å². The normalized spacial score (nSPS) is 10.4. The zero-order chi connectivity index (χ0) is 13.8. The lowest BCUT2D eigenvalue weighted by molar-refractivity contribution is -0.137. The zero-order valence-electron chi connectivity index (χ0n) is 10.1. The molecule has 2 rings (SSSR count). The number of carbonyl (C=O) groups excluding carboxylic acids is 1. The van der Waals surface area contributed by atoms with Crippen molar-refractivity contribution in [2.45, 2.75) is 0 Å². The van der Waals surface area contributed by atoms with Gasteiger partial charge in [0.05, 0.1) is 12.9 Å². The van der Waals surface area contributed by atoms with Crippen molar-refractivity contribution in [3.63, 3.8) is 0 Å². The van der Waals surface area contributed by atoms with Crippen molar-refractivity contribution >= 4 is 28.9 Å². The Morgan fingerprint density at radius 3 is 2.95 bits per heavy atom. The van der Waals surface area contributed by atoms with Crippen LogP contribution in [0.5, 0.6) is 0 Å². The van der Waals surface area contributed by atoms with E-state index in [0.717, 1.165) is 0 Å². The number of H-pyrrole nitrogens is 1. The van der Waals surface area contributed by atoms with E-state index >= 15 is 0 Å². The molecule has 0 atom stereocenters. The summed E-state index contributed by atoms with van der Waals surface area (Å²) in [7, 11) is 1.67. The van der Waals surface area contributed by atoms with Crippen molar-refractivity contribution in [1.29, 1.82) is 0 Å². The van der Waals surface area contributed by atoms with E-state index in [9.17, 15) is 9.59 Å². The number of hydrogen-bond donors (Lipinski definition) is 3. The molecule has 2 aromatic heterocycles. The molecule has 0 aromatic carbocycles. The fourth-order valence-electron chi connectivity index (χ4n) is 1.56. The summed E-state index contributed by atoms with van der Waals surface area (Å²) in [5.41, 5.74) is 1.12. The van der Waals surface area contributed by atoms with Crippen molar-refractivity contribution in [2.75, 3.05) is 25.0 Å². The lowest BCUT2D eigenvalue weighted by Gasteiger charge is -2.17. The molecule has 100 valence electrons. The number of anilines is 1. The van der Waals surface area contributed by atoms with E-state index in [1.807, 2.05) is 0 Å². The molecular formula is C10H12N6O3. The number of carbonyl (C=O) groups is 2. The molecule has 0 radical (unpaired) electrons. The van der Waals surface area contributed by atoms with Crippen molar-refractivity contribution < 1.29 is 14.7 Å². The summed E-state index contributed by atoms with van der Waals surface area (Å²) >= 11 is 0. The SMILES string of the molecule is CN(CC(=O)NCC(=O)O)c1ncnc2nc[nH]c12. The van der Waals surface area contributed by atoms with Gasteiger partial charge in [-0.1, -0.05) is 0 Å². The molecule has 1 amide bonds. The topological polar surface area (TPSA) is 124 Å².